The summed E-state index contributed by atoms with van der Waals surface area (Å²) >= 11 is 1.58. The topological polar surface area (TPSA) is 90.6 Å². The zero-order valence-corrected chi connectivity index (χ0v) is 16.6. The summed E-state index contributed by atoms with van der Waals surface area (Å²) < 4.78 is 11.9. The van der Waals surface area contributed by atoms with Gasteiger partial charge in [-0.25, -0.2) is 9.97 Å². The Morgan fingerprint density at radius 2 is 2.15 bits per heavy atom. The molecule has 0 radical (unpaired) electrons. The minimum Gasteiger partial charge on any atom is -0.474 e. The van der Waals surface area contributed by atoms with E-state index in [1.807, 2.05) is 0 Å². The molecule has 0 spiro atoms. The zero-order valence-electron chi connectivity index (χ0n) is 15.8. The molecular weight excluding hydrogens is 364 g/mol. The number of rotatable bonds is 5. The lowest BCUT2D eigenvalue weighted by molar-refractivity contribution is -0.130. The number of carbonyl (C=O) groups excluding carboxylic acids is 1. The second-order valence-corrected chi connectivity index (χ2v) is 8.47. The molecule has 27 heavy (non-hydrogen) atoms. The number of nitrogens with two attached hydrogens (primary N) is 1. The molecule has 0 aromatic carbocycles. The SMILES string of the molecule is CCN(C)[C@H]1CC[C@H](Oc2ncnc3sc4c(c23)C[C@H](C(N)=O)OC4)CC1. The molecule has 1 fully saturated rings. The standard InChI is InChI=1S/C19H26N4O3S/c1-3-23(2)11-4-6-12(7-5-11)26-18-16-13-8-14(17(20)24)25-9-15(13)27-19(16)22-10-21-18/h10-12,14H,3-9H2,1-2H3,(H2,20,24)/t11-,12-,14-/m1/s1. The van der Waals surface area contributed by atoms with Gasteiger partial charge in [0.1, 0.15) is 23.4 Å². The summed E-state index contributed by atoms with van der Waals surface area (Å²) in [5.74, 6) is 0.201. The molecule has 146 valence electrons. The summed E-state index contributed by atoms with van der Waals surface area (Å²) in [7, 11) is 2.19. The predicted octanol–water partition coefficient (Wildman–Crippen LogP) is 2.26. The lowest BCUT2D eigenvalue weighted by atomic mass is 9.92. The molecule has 3 heterocycles. The molecule has 2 aromatic heterocycles. The van der Waals surface area contributed by atoms with E-state index in [1.165, 1.54) is 0 Å². The van der Waals surface area contributed by atoms with E-state index in [1.54, 1.807) is 17.7 Å². The van der Waals surface area contributed by atoms with Crippen LogP contribution < -0.4 is 10.5 Å². The van der Waals surface area contributed by atoms with Gasteiger partial charge in [-0.05, 0) is 44.8 Å². The Morgan fingerprint density at radius 3 is 2.85 bits per heavy atom. The van der Waals surface area contributed by atoms with Crippen LogP contribution in [0.4, 0.5) is 0 Å². The van der Waals surface area contributed by atoms with Crippen molar-refractivity contribution in [2.45, 2.75) is 63.9 Å². The van der Waals surface area contributed by atoms with Crippen LogP contribution >= 0.6 is 11.3 Å². The summed E-state index contributed by atoms with van der Waals surface area (Å²) in [5.41, 5.74) is 6.50. The summed E-state index contributed by atoms with van der Waals surface area (Å²) in [6.07, 6.45) is 5.94. The molecule has 8 heteroatoms. The highest BCUT2D eigenvalue weighted by molar-refractivity contribution is 7.18. The van der Waals surface area contributed by atoms with Crippen LogP contribution in [0, 0.1) is 0 Å². The van der Waals surface area contributed by atoms with E-state index in [0.29, 0.717) is 24.9 Å². The van der Waals surface area contributed by atoms with Gasteiger partial charge in [0.25, 0.3) is 0 Å². The van der Waals surface area contributed by atoms with E-state index in [0.717, 1.165) is 52.9 Å². The van der Waals surface area contributed by atoms with Crippen LogP contribution in [0.15, 0.2) is 6.33 Å². The van der Waals surface area contributed by atoms with Crippen molar-refractivity contribution in [3.05, 3.63) is 16.8 Å². The Kier molecular flexibility index (Phi) is 5.29. The highest BCUT2D eigenvalue weighted by Crippen LogP contribution is 2.39. The number of fused-ring (bicyclic) bond motifs is 3. The number of thiophene rings is 1. The zero-order chi connectivity index (χ0) is 19.0. The molecule has 7 nitrogen and oxygen atoms in total. The van der Waals surface area contributed by atoms with Crippen LogP contribution in [0.1, 0.15) is 43.0 Å². The molecule has 1 atom stereocenters. The minimum atomic E-state index is -0.594. The number of hydrogen-bond acceptors (Lipinski definition) is 7. The lowest BCUT2D eigenvalue weighted by Crippen LogP contribution is -2.37. The monoisotopic (exact) mass is 390 g/mol. The fraction of sp³-hybridized carbons (Fsp3) is 0.632. The molecule has 1 aliphatic heterocycles. The van der Waals surface area contributed by atoms with Crippen molar-refractivity contribution in [1.82, 2.24) is 14.9 Å². The third-order valence-corrected chi connectivity index (χ3v) is 6.92. The maximum absolute atomic E-state index is 11.6. The van der Waals surface area contributed by atoms with E-state index >= 15 is 0 Å². The molecule has 1 aliphatic carbocycles. The largest absolute Gasteiger partial charge is 0.474 e. The first-order chi connectivity index (χ1) is 13.1. The van der Waals surface area contributed by atoms with Crippen LogP contribution in [0.5, 0.6) is 5.88 Å². The van der Waals surface area contributed by atoms with Crippen LogP contribution in [0.25, 0.3) is 10.2 Å². The molecule has 0 unspecified atom stereocenters. The molecule has 0 bridgehead atoms. The number of carbonyl (C=O) groups is 1. The number of primary amides is 1. The molecule has 1 amide bonds. The van der Waals surface area contributed by atoms with Gasteiger partial charge in [0.15, 0.2) is 0 Å². The molecule has 1 saturated carbocycles. The Balaban J connectivity index is 1.55. The van der Waals surface area contributed by atoms with Crippen LogP contribution in [0.2, 0.25) is 0 Å². The third kappa shape index (κ3) is 3.66. The molecule has 2 N–H and O–H groups in total. The van der Waals surface area contributed by atoms with E-state index in [-0.39, 0.29) is 6.10 Å². The second kappa shape index (κ2) is 7.69. The van der Waals surface area contributed by atoms with E-state index in [2.05, 4.69) is 28.8 Å². The normalized spacial score (nSPS) is 25.5. The Hall–Kier alpha value is -1.77. The van der Waals surface area contributed by atoms with Crippen LogP contribution in [-0.4, -0.2) is 52.6 Å². The average Bonchev–Trinajstić information content (AvgIpc) is 3.06. The van der Waals surface area contributed by atoms with E-state index in [9.17, 15) is 4.79 Å². The summed E-state index contributed by atoms with van der Waals surface area (Å²) in [4.78, 5) is 24.8. The molecular formula is C19H26N4O3S. The van der Waals surface area contributed by atoms with Crippen molar-refractivity contribution in [1.29, 1.82) is 0 Å². The first kappa shape index (κ1) is 18.6. The molecule has 0 saturated heterocycles. The molecule has 2 aromatic rings. The average molecular weight is 391 g/mol. The third-order valence-electron chi connectivity index (χ3n) is 5.80. The fourth-order valence-electron chi connectivity index (χ4n) is 4.05. The number of ether oxygens (including phenoxy) is 2. The first-order valence-corrected chi connectivity index (χ1v) is 10.4. The molecule has 2 aliphatic rings. The van der Waals surface area contributed by atoms with Crippen molar-refractivity contribution in [2.75, 3.05) is 13.6 Å². The van der Waals surface area contributed by atoms with Crippen molar-refractivity contribution >= 4 is 27.5 Å². The highest BCUT2D eigenvalue weighted by Gasteiger charge is 2.30. The van der Waals surface area contributed by atoms with Crippen LogP contribution in [0.3, 0.4) is 0 Å². The first-order valence-electron chi connectivity index (χ1n) is 9.59. The van der Waals surface area contributed by atoms with E-state index in [4.69, 9.17) is 15.2 Å². The van der Waals surface area contributed by atoms with Gasteiger partial charge in [-0.15, -0.1) is 11.3 Å². The smallest absolute Gasteiger partial charge is 0.246 e. The fourth-order valence-corrected chi connectivity index (χ4v) is 5.13. The van der Waals surface area contributed by atoms with E-state index < -0.39 is 12.0 Å². The van der Waals surface area contributed by atoms with Gasteiger partial charge in [0, 0.05) is 17.3 Å². The second-order valence-electron chi connectivity index (χ2n) is 7.39. The lowest BCUT2D eigenvalue weighted by Gasteiger charge is -2.34. The van der Waals surface area contributed by atoms with Gasteiger partial charge in [-0.1, -0.05) is 6.92 Å². The van der Waals surface area contributed by atoms with Gasteiger partial charge in [0.05, 0.1) is 12.0 Å². The quantitative estimate of drug-likeness (QED) is 0.842. The number of nitrogens with zero attached hydrogens (tertiary/aromatic N) is 3. The Bertz CT molecular complexity index is 832. The van der Waals surface area contributed by atoms with Crippen molar-refractivity contribution in [2.24, 2.45) is 5.73 Å². The number of hydrogen-bond donors (Lipinski definition) is 1. The summed E-state index contributed by atoms with van der Waals surface area (Å²) in [6, 6.07) is 0.641. The molecule has 4 rings (SSSR count). The van der Waals surface area contributed by atoms with Gasteiger partial charge < -0.3 is 20.1 Å². The Labute approximate surface area is 162 Å². The van der Waals surface area contributed by atoms with Crippen LogP contribution in [-0.2, 0) is 22.6 Å². The van der Waals surface area contributed by atoms with Gasteiger partial charge in [-0.3, -0.25) is 4.79 Å². The predicted molar refractivity (Wildman–Crippen MR) is 104 cm³/mol. The Morgan fingerprint density at radius 1 is 1.37 bits per heavy atom. The summed E-state index contributed by atoms with van der Waals surface area (Å²) in [5, 5.41) is 0.930. The van der Waals surface area contributed by atoms with Crippen molar-refractivity contribution in [3.8, 4) is 5.88 Å². The maximum atomic E-state index is 11.6. The summed E-state index contributed by atoms with van der Waals surface area (Å²) in [6.45, 7) is 3.66. The minimum absolute atomic E-state index is 0.173. The van der Waals surface area contributed by atoms with Crippen molar-refractivity contribution in [3.63, 3.8) is 0 Å². The van der Waals surface area contributed by atoms with Gasteiger partial charge in [0.2, 0.25) is 11.8 Å². The maximum Gasteiger partial charge on any atom is 0.246 e. The highest BCUT2D eigenvalue weighted by atomic mass is 32.1. The van der Waals surface area contributed by atoms with Crippen molar-refractivity contribution < 1.29 is 14.3 Å². The van der Waals surface area contributed by atoms with Gasteiger partial charge >= 0.3 is 0 Å². The van der Waals surface area contributed by atoms with Gasteiger partial charge in [-0.2, -0.15) is 0 Å². The number of amides is 1. The number of aromatic nitrogens is 2.